The molecule has 0 saturated carbocycles. The third-order valence-corrected chi connectivity index (χ3v) is 2.57. The molecule has 17 heavy (non-hydrogen) atoms. The molecule has 90 valence electrons. The number of hydrogen-bond acceptors (Lipinski definition) is 3. The van der Waals surface area contributed by atoms with E-state index in [1.54, 1.807) is 17.0 Å². The molecule has 0 N–H and O–H groups in total. The Balaban J connectivity index is 2.97. The lowest BCUT2D eigenvalue weighted by Gasteiger charge is -2.22. The number of carbonyl (C=O) groups is 1. The van der Waals surface area contributed by atoms with Gasteiger partial charge in [-0.2, -0.15) is 5.26 Å². The molecule has 0 radical (unpaired) electrons. The molecular formula is C13H15FN2O. The predicted molar refractivity (Wildman–Crippen MR) is 64.5 cm³/mol. The second kappa shape index (κ2) is 6.00. The zero-order valence-corrected chi connectivity index (χ0v) is 10.0. The lowest BCUT2D eigenvalue weighted by atomic mass is 10.1. The van der Waals surface area contributed by atoms with Crippen LogP contribution in [0, 0.1) is 17.1 Å². The van der Waals surface area contributed by atoms with E-state index in [1.165, 1.54) is 13.0 Å². The number of anilines is 1. The van der Waals surface area contributed by atoms with Gasteiger partial charge in [-0.25, -0.2) is 4.39 Å². The van der Waals surface area contributed by atoms with Crippen LogP contribution in [0.25, 0.3) is 0 Å². The van der Waals surface area contributed by atoms with Gasteiger partial charge in [0.25, 0.3) is 0 Å². The standard InChI is InChI=1S/C13H15FN2O/c1-3-16(8-4-7-15)13-6-5-11(10(2)17)9-12(13)14/h5-6,9H,3-4,8H2,1-2H3. The topological polar surface area (TPSA) is 44.1 Å². The lowest BCUT2D eigenvalue weighted by molar-refractivity contribution is 0.101. The summed E-state index contributed by atoms with van der Waals surface area (Å²) in [6.45, 7) is 4.42. The predicted octanol–water partition coefficient (Wildman–Crippen LogP) is 2.77. The Morgan fingerprint density at radius 1 is 1.53 bits per heavy atom. The van der Waals surface area contributed by atoms with Crippen molar-refractivity contribution < 1.29 is 9.18 Å². The first-order valence-electron chi connectivity index (χ1n) is 5.52. The van der Waals surface area contributed by atoms with Gasteiger partial charge in [0.15, 0.2) is 5.78 Å². The van der Waals surface area contributed by atoms with Gasteiger partial charge in [0.05, 0.1) is 18.2 Å². The minimum Gasteiger partial charge on any atom is -0.368 e. The first kappa shape index (κ1) is 13.2. The van der Waals surface area contributed by atoms with Gasteiger partial charge in [-0.05, 0) is 32.0 Å². The minimum absolute atomic E-state index is 0.157. The second-order valence-electron chi connectivity index (χ2n) is 3.71. The summed E-state index contributed by atoms with van der Waals surface area (Å²) in [6, 6.07) is 6.47. The normalized spacial score (nSPS) is 9.76. The molecule has 0 aliphatic rings. The highest BCUT2D eigenvalue weighted by Gasteiger charge is 2.11. The van der Waals surface area contributed by atoms with Crippen molar-refractivity contribution in [1.82, 2.24) is 0 Å². The fourth-order valence-electron chi connectivity index (χ4n) is 1.62. The van der Waals surface area contributed by atoms with Crippen molar-refractivity contribution in [2.45, 2.75) is 20.3 Å². The van der Waals surface area contributed by atoms with Crippen LogP contribution in [-0.4, -0.2) is 18.9 Å². The largest absolute Gasteiger partial charge is 0.368 e. The van der Waals surface area contributed by atoms with Crippen molar-refractivity contribution in [2.75, 3.05) is 18.0 Å². The molecule has 1 aromatic rings. The third kappa shape index (κ3) is 3.28. The number of halogens is 1. The molecule has 0 heterocycles. The van der Waals surface area contributed by atoms with Crippen molar-refractivity contribution in [3.8, 4) is 6.07 Å². The van der Waals surface area contributed by atoms with Crippen molar-refractivity contribution in [3.63, 3.8) is 0 Å². The van der Waals surface area contributed by atoms with Gasteiger partial charge >= 0.3 is 0 Å². The van der Waals surface area contributed by atoms with Gasteiger partial charge in [0.1, 0.15) is 5.82 Å². The Kier molecular flexibility index (Phi) is 4.65. The number of nitrogens with zero attached hydrogens (tertiary/aromatic N) is 2. The van der Waals surface area contributed by atoms with Gasteiger partial charge in [-0.1, -0.05) is 0 Å². The van der Waals surface area contributed by atoms with Crippen molar-refractivity contribution in [3.05, 3.63) is 29.6 Å². The first-order chi connectivity index (χ1) is 8.10. The molecule has 0 aliphatic heterocycles. The molecular weight excluding hydrogens is 219 g/mol. The van der Waals surface area contributed by atoms with Gasteiger partial charge < -0.3 is 4.90 Å². The van der Waals surface area contributed by atoms with Crippen LogP contribution < -0.4 is 4.90 Å². The maximum absolute atomic E-state index is 13.8. The van der Waals surface area contributed by atoms with E-state index in [0.29, 0.717) is 30.8 Å². The van der Waals surface area contributed by atoms with E-state index in [-0.39, 0.29) is 5.78 Å². The fourth-order valence-corrected chi connectivity index (χ4v) is 1.62. The second-order valence-corrected chi connectivity index (χ2v) is 3.71. The molecule has 0 atom stereocenters. The highest BCUT2D eigenvalue weighted by molar-refractivity contribution is 5.94. The number of hydrogen-bond donors (Lipinski definition) is 0. The molecule has 0 unspecified atom stereocenters. The SMILES string of the molecule is CCN(CCC#N)c1ccc(C(C)=O)cc1F. The van der Waals surface area contributed by atoms with Crippen LogP contribution >= 0.6 is 0 Å². The molecule has 1 rings (SSSR count). The molecule has 0 saturated heterocycles. The summed E-state index contributed by atoms with van der Waals surface area (Å²) in [5.41, 5.74) is 0.801. The molecule has 3 nitrogen and oxygen atoms in total. The highest BCUT2D eigenvalue weighted by Crippen LogP contribution is 2.20. The molecule has 0 spiro atoms. The zero-order chi connectivity index (χ0) is 12.8. The Labute approximate surface area is 100 Å². The van der Waals surface area contributed by atoms with Gasteiger partial charge in [-0.3, -0.25) is 4.79 Å². The van der Waals surface area contributed by atoms with Crippen molar-refractivity contribution in [1.29, 1.82) is 5.26 Å². The van der Waals surface area contributed by atoms with E-state index >= 15 is 0 Å². The van der Waals surface area contributed by atoms with Crippen LogP contribution in [0.1, 0.15) is 30.6 Å². The number of rotatable bonds is 5. The smallest absolute Gasteiger partial charge is 0.159 e. The van der Waals surface area contributed by atoms with E-state index in [4.69, 9.17) is 5.26 Å². The van der Waals surface area contributed by atoms with E-state index < -0.39 is 5.82 Å². The molecule has 0 amide bonds. The zero-order valence-electron chi connectivity index (χ0n) is 10.0. The number of ketones is 1. The maximum atomic E-state index is 13.8. The lowest BCUT2D eigenvalue weighted by Crippen LogP contribution is -2.24. The van der Waals surface area contributed by atoms with Gasteiger partial charge in [-0.15, -0.1) is 0 Å². The number of carbonyl (C=O) groups excluding carboxylic acids is 1. The Morgan fingerprint density at radius 3 is 2.71 bits per heavy atom. The summed E-state index contributed by atoms with van der Waals surface area (Å²) in [5, 5.41) is 8.53. The summed E-state index contributed by atoms with van der Waals surface area (Å²) in [6.07, 6.45) is 0.349. The van der Waals surface area contributed by atoms with Crippen LogP contribution in [0.15, 0.2) is 18.2 Å². The fraction of sp³-hybridized carbons (Fsp3) is 0.385. The van der Waals surface area contributed by atoms with Gasteiger partial charge in [0, 0.05) is 18.7 Å². The van der Waals surface area contributed by atoms with Crippen LogP contribution in [0.5, 0.6) is 0 Å². The van der Waals surface area contributed by atoms with Crippen LogP contribution in [-0.2, 0) is 0 Å². The molecule has 0 bridgehead atoms. The summed E-state index contributed by atoms with van der Waals surface area (Å²) in [4.78, 5) is 12.9. The molecule has 1 aromatic carbocycles. The average Bonchev–Trinajstić information content (AvgIpc) is 2.31. The van der Waals surface area contributed by atoms with Crippen LogP contribution in [0.3, 0.4) is 0 Å². The van der Waals surface area contributed by atoms with Crippen LogP contribution in [0.2, 0.25) is 0 Å². The van der Waals surface area contributed by atoms with E-state index in [2.05, 4.69) is 0 Å². The summed E-state index contributed by atoms with van der Waals surface area (Å²) in [5.74, 6) is -0.576. The molecule has 0 fully saturated rings. The first-order valence-corrected chi connectivity index (χ1v) is 5.52. The molecule has 4 heteroatoms. The highest BCUT2D eigenvalue weighted by atomic mass is 19.1. The Hall–Kier alpha value is -1.89. The molecule has 0 aliphatic carbocycles. The number of benzene rings is 1. The Bertz CT molecular complexity index is 451. The number of nitriles is 1. The van der Waals surface area contributed by atoms with Gasteiger partial charge in [0.2, 0.25) is 0 Å². The van der Waals surface area contributed by atoms with Crippen molar-refractivity contribution >= 4 is 11.5 Å². The van der Waals surface area contributed by atoms with E-state index in [9.17, 15) is 9.18 Å². The molecule has 0 aromatic heterocycles. The third-order valence-electron chi connectivity index (χ3n) is 2.57. The maximum Gasteiger partial charge on any atom is 0.159 e. The minimum atomic E-state index is -0.419. The quantitative estimate of drug-likeness (QED) is 0.736. The van der Waals surface area contributed by atoms with E-state index in [0.717, 1.165) is 0 Å². The van der Waals surface area contributed by atoms with Crippen LogP contribution in [0.4, 0.5) is 10.1 Å². The number of Topliss-reactive ketones (excluding diaryl/α,β-unsaturated/α-hetero) is 1. The monoisotopic (exact) mass is 234 g/mol. The summed E-state index contributed by atoms with van der Waals surface area (Å²) < 4.78 is 13.8. The summed E-state index contributed by atoms with van der Waals surface area (Å²) in [7, 11) is 0. The average molecular weight is 234 g/mol. The van der Waals surface area contributed by atoms with E-state index in [1.807, 2.05) is 13.0 Å². The van der Waals surface area contributed by atoms with Crippen molar-refractivity contribution in [2.24, 2.45) is 0 Å². The summed E-state index contributed by atoms with van der Waals surface area (Å²) >= 11 is 0. The Morgan fingerprint density at radius 2 is 2.24 bits per heavy atom.